The van der Waals surface area contributed by atoms with E-state index in [2.05, 4.69) is 5.32 Å². The van der Waals surface area contributed by atoms with Crippen LogP contribution in [0.15, 0.2) is 54.6 Å². The van der Waals surface area contributed by atoms with Crippen molar-refractivity contribution in [1.82, 2.24) is 5.32 Å². The molecule has 0 aliphatic carbocycles. The lowest BCUT2D eigenvalue weighted by molar-refractivity contribution is -0.119. The monoisotopic (exact) mass is 285 g/mol. The van der Waals surface area contributed by atoms with E-state index in [1.54, 1.807) is 0 Å². The topological polar surface area (TPSA) is 47.6 Å². The molecule has 2 aromatic carbocycles. The fourth-order valence-electron chi connectivity index (χ4n) is 1.77. The first kappa shape index (κ1) is 14.9. The number of ether oxygens (including phenoxy) is 2. The minimum atomic E-state index is -0.0525. The van der Waals surface area contributed by atoms with Crippen molar-refractivity contribution in [2.45, 2.75) is 13.5 Å². The van der Waals surface area contributed by atoms with Gasteiger partial charge in [-0.05, 0) is 29.8 Å². The maximum absolute atomic E-state index is 10.7. The predicted octanol–water partition coefficient (Wildman–Crippen LogP) is 2.78. The van der Waals surface area contributed by atoms with E-state index >= 15 is 0 Å². The van der Waals surface area contributed by atoms with Gasteiger partial charge in [-0.3, -0.25) is 4.79 Å². The summed E-state index contributed by atoms with van der Waals surface area (Å²) >= 11 is 0. The molecular formula is C17H19NO3. The van der Waals surface area contributed by atoms with E-state index in [1.807, 2.05) is 54.6 Å². The molecule has 0 saturated carbocycles. The van der Waals surface area contributed by atoms with Crippen LogP contribution >= 0.6 is 0 Å². The summed E-state index contributed by atoms with van der Waals surface area (Å²) in [6, 6.07) is 17.5. The number of carbonyl (C=O) groups is 1. The number of hydrogen-bond donors (Lipinski definition) is 1. The molecule has 1 amide bonds. The number of carbonyl (C=O) groups excluding carboxylic acids is 1. The standard InChI is InChI=1S/C17H19NO3/c1-14(19)18-11-12-20-16-7-9-17(10-8-16)21-13-15-5-3-2-4-6-15/h2-10H,11-13H2,1H3,(H,18,19). The van der Waals surface area contributed by atoms with Gasteiger partial charge in [0, 0.05) is 6.92 Å². The van der Waals surface area contributed by atoms with Crippen LogP contribution in [0.2, 0.25) is 0 Å². The molecule has 110 valence electrons. The van der Waals surface area contributed by atoms with Crippen LogP contribution in [0.1, 0.15) is 12.5 Å². The zero-order valence-electron chi connectivity index (χ0n) is 12.0. The van der Waals surface area contributed by atoms with Crippen LogP contribution in [-0.2, 0) is 11.4 Å². The highest BCUT2D eigenvalue weighted by molar-refractivity contribution is 5.72. The van der Waals surface area contributed by atoms with Crippen molar-refractivity contribution < 1.29 is 14.3 Å². The molecule has 0 radical (unpaired) electrons. The molecular weight excluding hydrogens is 266 g/mol. The Morgan fingerprint density at radius 1 is 0.952 bits per heavy atom. The summed E-state index contributed by atoms with van der Waals surface area (Å²) in [5.74, 6) is 1.50. The Labute approximate surface area is 124 Å². The SMILES string of the molecule is CC(=O)NCCOc1ccc(OCc2ccccc2)cc1. The van der Waals surface area contributed by atoms with Crippen LogP contribution in [0.25, 0.3) is 0 Å². The Kier molecular flexibility index (Phi) is 5.64. The average Bonchev–Trinajstić information content (AvgIpc) is 2.51. The van der Waals surface area contributed by atoms with Crippen molar-refractivity contribution in [1.29, 1.82) is 0 Å². The normalized spacial score (nSPS) is 9.95. The van der Waals surface area contributed by atoms with Crippen LogP contribution < -0.4 is 14.8 Å². The van der Waals surface area contributed by atoms with Crippen LogP contribution in [0, 0.1) is 0 Å². The highest BCUT2D eigenvalue weighted by atomic mass is 16.5. The van der Waals surface area contributed by atoms with Crippen molar-refractivity contribution in [3.63, 3.8) is 0 Å². The third kappa shape index (κ3) is 5.57. The van der Waals surface area contributed by atoms with Gasteiger partial charge in [-0.1, -0.05) is 30.3 Å². The number of hydrogen-bond acceptors (Lipinski definition) is 3. The van der Waals surface area contributed by atoms with Gasteiger partial charge in [-0.25, -0.2) is 0 Å². The van der Waals surface area contributed by atoms with Gasteiger partial charge in [0.1, 0.15) is 24.7 Å². The van der Waals surface area contributed by atoms with Crippen LogP contribution in [0.4, 0.5) is 0 Å². The molecule has 0 bridgehead atoms. The van der Waals surface area contributed by atoms with E-state index in [0.29, 0.717) is 19.8 Å². The summed E-state index contributed by atoms with van der Waals surface area (Å²) < 4.78 is 11.2. The van der Waals surface area contributed by atoms with Gasteiger partial charge in [0.05, 0.1) is 6.54 Å². The first-order chi connectivity index (χ1) is 10.2. The number of nitrogens with one attached hydrogen (secondary N) is 1. The van der Waals surface area contributed by atoms with Crippen molar-refractivity contribution in [3.05, 3.63) is 60.2 Å². The van der Waals surface area contributed by atoms with Crippen molar-refractivity contribution in [3.8, 4) is 11.5 Å². The maximum Gasteiger partial charge on any atom is 0.216 e. The first-order valence-electron chi connectivity index (χ1n) is 6.88. The molecule has 0 aliphatic heterocycles. The molecule has 2 aromatic rings. The maximum atomic E-state index is 10.7. The van der Waals surface area contributed by atoms with Gasteiger partial charge in [-0.2, -0.15) is 0 Å². The van der Waals surface area contributed by atoms with Gasteiger partial charge in [0.2, 0.25) is 5.91 Å². The number of rotatable bonds is 7. The zero-order valence-corrected chi connectivity index (χ0v) is 12.0. The second-order valence-corrected chi connectivity index (χ2v) is 4.58. The lowest BCUT2D eigenvalue weighted by Crippen LogP contribution is -2.25. The summed E-state index contributed by atoms with van der Waals surface area (Å²) in [7, 11) is 0. The first-order valence-corrected chi connectivity index (χ1v) is 6.88. The molecule has 0 atom stereocenters. The summed E-state index contributed by atoms with van der Waals surface area (Å²) in [5, 5.41) is 2.68. The molecule has 0 aliphatic rings. The quantitative estimate of drug-likeness (QED) is 0.796. The van der Waals surface area contributed by atoms with Gasteiger partial charge >= 0.3 is 0 Å². The average molecular weight is 285 g/mol. The smallest absolute Gasteiger partial charge is 0.216 e. The highest BCUT2D eigenvalue weighted by Crippen LogP contribution is 2.18. The summed E-state index contributed by atoms with van der Waals surface area (Å²) in [4.78, 5) is 10.7. The number of amides is 1. The Bertz CT molecular complexity index is 552. The fraction of sp³-hybridized carbons (Fsp3) is 0.235. The predicted molar refractivity (Wildman–Crippen MR) is 81.4 cm³/mol. The third-order valence-electron chi connectivity index (χ3n) is 2.82. The number of benzene rings is 2. The second kappa shape index (κ2) is 7.94. The van der Waals surface area contributed by atoms with Gasteiger partial charge < -0.3 is 14.8 Å². The second-order valence-electron chi connectivity index (χ2n) is 4.58. The van der Waals surface area contributed by atoms with Gasteiger partial charge in [0.25, 0.3) is 0 Å². The molecule has 1 N–H and O–H groups in total. The Balaban J connectivity index is 1.75. The summed E-state index contributed by atoms with van der Waals surface area (Å²) in [6.07, 6.45) is 0. The molecule has 0 spiro atoms. The minimum absolute atomic E-state index is 0.0525. The van der Waals surface area contributed by atoms with Gasteiger partial charge in [-0.15, -0.1) is 0 Å². The van der Waals surface area contributed by atoms with E-state index < -0.39 is 0 Å². The highest BCUT2D eigenvalue weighted by Gasteiger charge is 1.98. The fourth-order valence-corrected chi connectivity index (χ4v) is 1.77. The molecule has 2 rings (SSSR count). The summed E-state index contributed by atoms with van der Waals surface area (Å²) in [5.41, 5.74) is 1.13. The van der Waals surface area contributed by atoms with Crippen LogP contribution in [0.5, 0.6) is 11.5 Å². The lowest BCUT2D eigenvalue weighted by atomic mass is 10.2. The molecule has 21 heavy (non-hydrogen) atoms. The molecule has 4 nitrogen and oxygen atoms in total. The van der Waals surface area contributed by atoms with Gasteiger partial charge in [0.15, 0.2) is 0 Å². The molecule has 4 heteroatoms. The molecule has 0 aromatic heterocycles. The Morgan fingerprint density at radius 2 is 1.57 bits per heavy atom. The van der Waals surface area contributed by atoms with Crippen molar-refractivity contribution >= 4 is 5.91 Å². The van der Waals surface area contributed by atoms with Crippen LogP contribution in [0.3, 0.4) is 0 Å². The molecule has 0 saturated heterocycles. The molecule has 0 heterocycles. The van der Waals surface area contributed by atoms with E-state index in [4.69, 9.17) is 9.47 Å². The lowest BCUT2D eigenvalue weighted by Gasteiger charge is -2.09. The van der Waals surface area contributed by atoms with E-state index in [-0.39, 0.29) is 5.91 Å². The third-order valence-corrected chi connectivity index (χ3v) is 2.82. The Hall–Kier alpha value is -2.49. The van der Waals surface area contributed by atoms with E-state index in [1.165, 1.54) is 6.92 Å². The minimum Gasteiger partial charge on any atom is -0.492 e. The summed E-state index contributed by atoms with van der Waals surface area (Å²) in [6.45, 7) is 2.98. The molecule has 0 unspecified atom stereocenters. The van der Waals surface area contributed by atoms with E-state index in [0.717, 1.165) is 17.1 Å². The van der Waals surface area contributed by atoms with Crippen molar-refractivity contribution in [2.75, 3.05) is 13.2 Å². The zero-order chi connectivity index (χ0) is 14.9. The molecule has 0 fully saturated rings. The van der Waals surface area contributed by atoms with Crippen molar-refractivity contribution in [2.24, 2.45) is 0 Å². The Morgan fingerprint density at radius 3 is 2.19 bits per heavy atom. The largest absolute Gasteiger partial charge is 0.492 e. The van der Waals surface area contributed by atoms with Crippen LogP contribution in [-0.4, -0.2) is 19.1 Å². The van der Waals surface area contributed by atoms with E-state index in [9.17, 15) is 4.79 Å².